The quantitative estimate of drug-likeness (QED) is 0.699. The van der Waals surface area contributed by atoms with Crippen LogP contribution in [0.1, 0.15) is 67.9 Å². The minimum Gasteiger partial charge on any atom is -0.365 e. The lowest BCUT2D eigenvalue weighted by Crippen LogP contribution is -2.48. The molecule has 0 N–H and O–H groups in total. The highest BCUT2D eigenvalue weighted by atomic mass is 16.5. The molecule has 2 nitrogen and oxygen atoms in total. The number of ether oxygens (including phenoxy) is 1. The van der Waals surface area contributed by atoms with E-state index in [1.807, 2.05) is 0 Å². The molecule has 1 aliphatic carbocycles. The van der Waals surface area contributed by atoms with Gasteiger partial charge in [0.15, 0.2) is 0 Å². The summed E-state index contributed by atoms with van der Waals surface area (Å²) in [6.07, 6.45) is 9.87. The molecule has 0 amide bonds. The molecule has 27 heavy (non-hydrogen) atoms. The monoisotopic (exact) mass is 359 g/mol. The van der Waals surface area contributed by atoms with Gasteiger partial charge in [0.2, 0.25) is 0 Å². The molecule has 2 bridgehead atoms. The second-order valence-corrected chi connectivity index (χ2v) is 8.63. The first-order chi connectivity index (χ1) is 13.2. The molecule has 0 aromatic heterocycles. The molecule has 0 radical (unpaired) electrons. The molecule has 2 aromatic carbocycles. The molecule has 3 aliphatic rings. The lowest BCUT2D eigenvalue weighted by Gasteiger charge is -2.42. The molecule has 2 aromatic rings. The number of hydrogen-bond donors (Lipinski definition) is 0. The Balaban J connectivity index is 1.46. The Morgan fingerprint density at radius 3 is 1.85 bits per heavy atom. The van der Waals surface area contributed by atoms with E-state index in [1.54, 1.807) is 0 Å². The van der Waals surface area contributed by atoms with E-state index >= 15 is 0 Å². The van der Waals surface area contributed by atoms with Crippen molar-refractivity contribution in [2.24, 2.45) is 0 Å². The second-order valence-electron chi connectivity index (χ2n) is 8.63. The van der Waals surface area contributed by atoms with E-state index in [2.05, 4.69) is 79.4 Å². The van der Waals surface area contributed by atoms with E-state index in [4.69, 9.17) is 4.74 Å². The Kier molecular flexibility index (Phi) is 4.41. The van der Waals surface area contributed by atoms with Crippen molar-refractivity contribution in [1.29, 1.82) is 0 Å². The number of nitrogens with zero attached hydrogens (tertiary/aromatic N) is 1. The standard InChI is InChI=1S/C25H29NO/c1-17(2)26-20-13-14-21(26)16-22(15-20)27-25-23-9-5-3-7-18(23)11-12-19-8-4-6-10-24(19)25/h3-12,17,20-22,25H,13-16H2,1-2H3. The van der Waals surface area contributed by atoms with Crippen molar-refractivity contribution in [1.82, 2.24) is 4.90 Å². The smallest absolute Gasteiger partial charge is 0.109 e. The van der Waals surface area contributed by atoms with Crippen molar-refractivity contribution >= 4 is 12.2 Å². The molecule has 5 rings (SSSR count). The van der Waals surface area contributed by atoms with E-state index in [9.17, 15) is 0 Å². The summed E-state index contributed by atoms with van der Waals surface area (Å²) in [5, 5.41) is 0. The van der Waals surface area contributed by atoms with Crippen LogP contribution < -0.4 is 0 Å². The molecule has 2 unspecified atom stereocenters. The van der Waals surface area contributed by atoms with Crippen LogP contribution in [0.3, 0.4) is 0 Å². The fourth-order valence-electron chi connectivity index (χ4n) is 5.61. The minimum atomic E-state index is 0.0300. The zero-order chi connectivity index (χ0) is 18.4. The van der Waals surface area contributed by atoms with E-state index < -0.39 is 0 Å². The number of rotatable bonds is 3. The lowest BCUT2D eigenvalue weighted by atomic mass is 9.94. The minimum absolute atomic E-state index is 0.0300. The summed E-state index contributed by atoms with van der Waals surface area (Å²) < 4.78 is 6.91. The maximum absolute atomic E-state index is 6.91. The van der Waals surface area contributed by atoms with Crippen molar-refractivity contribution in [3.05, 3.63) is 70.8 Å². The van der Waals surface area contributed by atoms with Crippen LogP contribution in [0.5, 0.6) is 0 Å². The average molecular weight is 360 g/mol. The molecule has 2 heterocycles. The first-order valence-electron chi connectivity index (χ1n) is 10.5. The molecular weight excluding hydrogens is 330 g/mol. The van der Waals surface area contributed by atoms with E-state index in [0.717, 1.165) is 0 Å². The third-order valence-corrected chi connectivity index (χ3v) is 6.67. The number of benzene rings is 2. The zero-order valence-corrected chi connectivity index (χ0v) is 16.3. The van der Waals surface area contributed by atoms with Gasteiger partial charge in [-0.2, -0.15) is 0 Å². The summed E-state index contributed by atoms with van der Waals surface area (Å²) in [6, 6.07) is 19.5. The van der Waals surface area contributed by atoms with Crippen LogP contribution in [0.2, 0.25) is 0 Å². The SMILES string of the molecule is CC(C)N1C2CCC1CC(OC1c3ccccc3C=Cc3ccccc31)C2. The summed E-state index contributed by atoms with van der Waals surface area (Å²) in [4.78, 5) is 2.75. The van der Waals surface area contributed by atoms with Crippen LogP contribution in [0.15, 0.2) is 48.5 Å². The van der Waals surface area contributed by atoms with E-state index in [0.29, 0.717) is 24.2 Å². The third kappa shape index (κ3) is 3.05. The summed E-state index contributed by atoms with van der Waals surface area (Å²) in [7, 11) is 0. The van der Waals surface area contributed by atoms with Gasteiger partial charge in [-0.05, 0) is 61.8 Å². The number of hydrogen-bond acceptors (Lipinski definition) is 2. The van der Waals surface area contributed by atoms with Crippen LogP contribution >= 0.6 is 0 Å². The molecule has 2 fully saturated rings. The Hall–Kier alpha value is -1.90. The predicted octanol–water partition coefficient (Wildman–Crippen LogP) is 5.68. The Morgan fingerprint density at radius 1 is 0.815 bits per heavy atom. The highest BCUT2D eigenvalue weighted by Gasteiger charge is 2.43. The molecule has 140 valence electrons. The average Bonchev–Trinajstić information content (AvgIpc) is 2.87. The largest absolute Gasteiger partial charge is 0.365 e. The zero-order valence-electron chi connectivity index (χ0n) is 16.3. The maximum atomic E-state index is 6.91. The Labute approximate surface area is 162 Å². The van der Waals surface area contributed by atoms with Gasteiger partial charge < -0.3 is 4.74 Å². The fraction of sp³-hybridized carbons (Fsp3) is 0.440. The molecule has 2 aliphatic heterocycles. The molecule has 2 heteroatoms. The van der Waals surface area contributed by atoms with Gasteiger partial charge in [0.25, 0.3) is 0 Å². The van der Waals surface area contributed by atoms with Gasteiger partial charge in [-0.15, -0.1) is 0 Å². The normalized spacial score (nSPS) is 27.4. The molecule has 0 spiro atoms. The second kappa shape index (κ2) is 6.92. The van der Waals surface area contributed by atoms with Crippen LogP contribution in [0.25, 0.3) is 12.2 Å². The Morgan fingerprint density at radius 2 is 1.33 bits per heavy atom. The van der Waals surface area contributed by atoms with Crippen molar-refractivity contribution in [3.8, 4) is 0 Å². The highest BCUT2D eigenvalue weighted by molar-refractivity contribution is 5.76. The van der Waals surface area contributed by atoms with Gasteiger partial charge in [-0.1, -0.05) is 60.7 Å². The van der Waals surface area contributed by atoms with E-state index in [1.165, 1.54) is 47.9 Å². The molecule has 2 saturated heterocycles. The van der Waals surface area contributed by atoms with Crippen molar-refractivity contribution < 1.29 is 4.74 Å². The van der Waals surface area contributed by atoms with Gasteiger partial charge >= 0.3 is 0 Å². The summed E-state index contributed by atoms with van der Waals surface area (Å²) in [5.41, 5.74) is 5.16. The number of piperidine rings is 1. The van der Waals surface area contributed by atoms with Crippen molar-refractivity contribution in [2.45, 2.75) is 69.9 Å². The molecule has 0 saturated carbocycles. The predicted molar refractivity (Wildman–Crippen MR) is 112 cm³/mol. The van der Waals surface area contributed by atoms with Crippen molar-refractivity contribution in [2.75, 3.05) is 0 Å². The molecule has 2 atom stereocenters. The van der Waals surface area contributed by atoms with Crippen molar-refractivity contribution in [3.63, 3.8) is 0 Å². The third-order valence-electron chi connectivity index (χ3n) is 6.67. The van der Waals surface area contributed by atoms with Gasteiger partial charge in [0, 0.05) is 18.1 Å². The Bertz CT molecular complexity index is 791. The van der Waals surface area contributed by atoms with E-state index in [-0.39, 0.29) is 6.10 Å². The highest BCUT2D eigenvalue weighted by Crippen LogP contribution is 2.42. The van der Waals surface area contributed by atoms with Crippen LogP contribution in [-0.4, -0.2) is 29.1 Å². The fourth-order valence-corrected chi connectivity index (χ4v) is 5.61. The number of fused-ring (bicyclic) bond motifs is 4. The van der Waals surface area contributed by atoms with Crippen LogP contribution in [-0.2, 0) is 4.74 Å². The van der Waals surface area contributed by atoms with Gasteiger partial charge in [0.1, 0.15) is 6.10 Å². The van der Waals surface area contributed by atoms with Gasteiger partial charge in [0.05, 0.1) is 6.10 Å². The van der Waals surface area contributed by atoms with Crippen LogP contribution in [0.4, 0.5) is 0 Å². The topological polar surface area (TPSA) is 12.5 Å². The first-order valence-corrected chi connectivity index (χ1v) is 10.5. The lowest BCUT2D eigenvalue weighted by molar-refractivity contribution is -0.0548. The van der Waals surface area contributed by atoms with Gasteiger partial charge in [-0.25, -0.2) is 0 Å². The molecular formula is C25H29NO. The summed E-state index contributed by atoms with van der Waals surface area (Å²) in [6.45, 7) is 4.69. The maximum Gasteiger partial charge on any atom is 0.109 e. The summed E-state index contributed by atoms with van der Waals surface area (Å²) >= 11 is 0. The van der Waals surface area contributed by atoms with Crippen LogP contribution in [0, 0.1) is 0 Å². The van der Waals surface area contributed by atoms with Gasteiger partial charge in [-0.3, -0.25) is 4.90 Å². The first kappa shape index (κ1) is 17.2. The summed E-state index contributed by atoms with van der Waals surface area (Å²) in [5.74, 6) is 0.